The molecule has 0 radical (unpaired) electrons. The second-order valence-electron chi connectivity index (χ2n) is 4.26. The van der Waals surface area contributed by atoms with E-state index in [4.69, 9.17) is 16.7 Å². The summed E-state index contributed by atoms with van der Waals surface area (Å²) in [6, 6.07) is 9.01. The Morgan fingerprint density at radius 3 is 2.85 bits per heavy atom. The molecule has 6 nitrogen and oxygen atoms in total. The maximum absolute atomic E-state index is 11.2. The van der Waals surface area contributed by atoms with Crippen molar-refractivity contribution in [1.29, 1.82) is 5.26 Å². The number of carbonyl (C=O) groups is 1. The molecule has 0 aliphatic rings. The molecule has 0 unspecified atom stereocenters. The molecule has 1 heterocycles. The van der Waals surface area contributed by atoms with Crippen molar-refractivity contribution in [2.45, 2.75) is 6.92 Å². The smallest absolute Gasteiger partial charge is 0.250 e. The largest absolute Gasteiger partial charge is 0.397 e. The molecule has 1 aromatic heterocycles. The van der Waals surface area contributed by atoms with Crippen LogP contribution in [0.4, 0.5) is 17.2 Å². The highest BCUT2D eigenvalue weighted by Crippen LogP contribution is 2.23. The molecule has 2 rings (SSSR count). The molecule has 6 heteroatoms. The number of amides is 1. The van der Waals surface area contributed by atoms with Crippen LogP contribution in [-0.4, -0.2) is 10.9 Å². The van der Waals surface area contributed by atoms with Crippen LogP contribution in [-0.2, 0) is 0 Å². The number of nitrogens with zero attached hydrogens (tertiary/aromatic N) is 2. The van der Waals surface area contributed by atoms with Crippen LogP contribution in [0.25, 0.3) is 0 Å². The Labute approximate surface area is 116 Å². The Morgan fingerprint density at radius 2 is 2.20 bits per heavy atom. The van der Waals surface area contributed by atoms with E-state index < -0.39 is 5.91 Å². The predicted octanol–water partition coefficient (Wildman–Crippen LogP) is 1.69. The minimum atomic E-state index is -0.627. The average molecular weight is 267 g/mol. The van der Waals surface area contributed by atoms with E-state index in [2.05, 4.69) is 16.4 Å². The number of nitrogens with one attached hydrogen (secondary N) is 1. The van der Waals surface area contributed by atoms with Gasteiger partial charge in [-0.15, -0.1) is 0 Å². The van der Waals surface area contributed by atoms with Gasteiger partial charge >= 0.3 is 0 Å². The normalized spacial score (nSPS) is 9.80. The molecule has 0 saturated carbocycles. The van der Waals surface area contributed by atoms with Crippen molar-refractivity contribution in [1.82, 2.24) is 4.98 Å². The molecule has 0 fully saturated rings. The molecule has 1 amide bonds. The van der Waals surface area contributed by atoms with Gasteiger partial charge in [0.25, 0.3) is 5.91 Å². The zero-order chi connectivity index (χ0) is 14.7. The van der Waals surface area contributed by atoms with Gasteiger partial charge in [-0.05, 0) is 24.6 Å². The van der Waals surface area contributed by atoms with E-state index in [9.17, 15) is 4.79 Å². The number of aryl methyl sites for hydroxylation is 1. The summed E-state index contributed by atoms with van der Waals surface area (Å²) in [7, 11) is 0. The van der Waals surface area contributed by atoms with Gasteiger partial charge in [0.05, 0.1) is 28.7 Å². The monoisotopic (exact) mass is 267 g/mol. The van der Waals surface area contributed by atoms with E-state index >= 15 is 0 Å². The van der Waals surface area contributed by atoms with Crippen molar-refractivity contribution in [3.63, 3.8) is 0 Å². The highest BCUT2D eigenvalue weighted by molar-refractivity contribution is 5.98. The van der Waals surface area contributed by atoms with Gasteiger partial charge in [0.2, 0.25) is 0 Å². The predicted molar refractivity (Wildman–Crippen MR) is 76.3 cm³/mol. The van der Waals surface area contributed by atoms with Crippen molar-refractivity contribution >= 4 is 23.1 Å². The number of nitrogens with two attached hydrogens (primary N) is 2. The fourth-order valence-electron chi connectivity index (χ4n) is 1.81. The Balaban J connectivity index is 2.41. The molecular formula is C14H13N5O. The van der Waals surface area contributed by atoms with E-state index in [1.165, 1.54) is 12.3 Å². The number of nitrogen functional groups attached to an aromatic ring is 1. The summed E-state index contributed by atoms with van der Waals surface area (Å²) in [5.74, 6) is -0.229. The third-order valence-corrected chi connectivity index (χ3v) is 2.85. The Kier molecular flexibility index (Phi) is 3.53. The van der Waals surface area contributed by atoms with Crippen LogP contribution >= 0.6 is 0 Å². The number of benzene rings is 1. The van der Waals surface area contributed by atoms with Gasteiger partial charge in [-0.3, -0.25) is 4.79 Å². The lowest BCUT2D eigenvalue weighted by molar-refractivity contribution is 0.100. The van der Waals surface area contributed by atoms with Crippen molar-refractivity contribution in [2.75, 3.05) is 11.1 Å². The molecule has 0 spiro atoms. The Bertz CT molecular complexity index is 718. The average Bonchev–Trinajstić information content (AvgIpc) is 2.41. The summed E-state index contributed by atoms with van der Waals surface area (Å²) in [5.41, 5.74) is 13.2. The lowest BCUT2D eigenvalue weighted by atomic mass is 10.1. The molecule has 100 valence electrons. The van der Waals surface area contributed by atoms with Gasteiger partial charge in [0, 0.05) is 0 Å². The number of hydrogen-bond donors (Lipinski definition) is 3. The molecule has 0 bridgehead atoms. The first kappa shape index (κ1) is 13.4. The lowest BCUT2D eigenvalue weighted by Gasteiger charge is -2.10. The molecule has 5 N–H and O–H groups in total. The Hall–Kier alpha value is -3.07. The highest BCUT2D eigenvalue weighted by Gasteiger charge is 2.10. The zero-order valence-electron chi connectivity index (χ0n) is 10.8. The van der Waals surface area contributed by atoms with E-state index in [0.717, 1.165) is 5.56 Å². The summed E-state index contributed by atoms with van der Waals surface area (Å²) in [6.07, 6.45) is 1.35. The summed E-state index contributed by atoms with van der Waals surface area (Å²) in [4.78, 5) is 15.3. The van der Waals surface area contributed by atoms with Crippen molar-refractivity contribution in [2.24, 2.45) is 5.73 Å². The maximum atomic E-state index is 11.2. The standard InChI is InChI=1S/C14H13N5O/c1-8-3-2-4-12(10(8)6-15)19-13-5-9(14(17)20)11(16)7-18-13/h2-5,7H,16H2,1H3,(H2,17,20)(H,18,19). The second-order valence-corrected chi connectivity index (χ2v) is 4.26. The number of pyridine rings is 1. The maximum Gasteiger partial charge on any atom is 0.250 e. The van der Waals surface area contributed by atoms with Gasteiger partial charge in [-0.2, -0.15) is 5.26 Å². The van der Waals surface area contributed by atoms with Crippen LogP contribution in [0.3, 0.4) is 0 Å². The number of aromatic nitrogens is 1. The summed E-state index contributed by atoms with van der Waals surface area (Å²) in [5, 5.41) is 12.1. The number of hydrogen-bond acceptors (Lipinski definition) is 5. The molecule has 0 aliphatic carbocycles. The zero-order valence-corrected chi connectivity index (χ0v) is 10.8. The first-order valence-electron chi connectivity index (χ1n) is 5.85. The summed E-state index contributed by atoms with van der Waals surface area (Å²) in [6.45, 7) is 1.84. The molecule has 0 saturated heterocycles. The fraction of sp³-hybridized carbons (Fsp3) is 0.0714. The van der Waals surface area contributed by atoms with Crippen molar-refractivity contribution < 1.29 is 4.79 Å². The third kappa shape index (κ3) is 2.52. The van der Waals surface area contributed by atoms with Crippen LogP contribution < -0.4 is 16.8 Å². The quantitative estimate of drug-likeness (QED) is 0.782. The van der Waals surface area contributed by atoms with Gasteiger partial charge in [0.15, 0.2) is 0 Å². The number of nitriles is 1. The van der Waals surface area contributed by atoms with Crippen LogP contribution in [0.5, 0.6) is 0 Å². The Morgan fingerprint density at radius 1 is 1.45 bits per heavy atom. The third-order valence-electron chi connectivity index (χ3n) is 2.85. The molecular weight excluding hydrogens is 254 g/mol. The molecule has 20 heavy (non-hydrogen) atoms. The fourth-order valence-corrected chi connectivity index (χ4v) is 1.81. The van der Waals surface area contributed by atoms with Gasteiger partial charge in [-0.1, -0.05) is 12.1 Å². The highest BCUT2D eigenvalue weighted by atomic mass is 16.1. The van der Waals surface area contributed by atoms with Gasteiger partial charge in [0.1, 0.15) is 11.9 Å². The summed E-state index contributed by atoms with van der Waals surface area (Å²) >= 11 is 0. The number of primary amides is 1. The van der Waals surface area contributed by atoms with Crippen LogP contribution in [0, 0.1) is 18.3 Å². The van der Waals surface area contributed by atoms with E-state index in [1.807, 2.05) is 19.1 Å². The number of carbonyl (C=O) groups excluding carboxylic acids is 1. The first-order chi connectivity index (χ1) is 9.52. The van der Waals surface area contributed by atoms with E-state index in [1.54, 1.807) is 6.07 Å². The first-order valence-corrected chi connectivity index (χ1v) is 5.85. The number of anilines is 3. The van der Waals surface area contributed by atoms with Crippen LogP contribution in [0.2, 0.25) is 0 Å². The van der Waals surface area contributed by atoms with E-state index in [-0.39, 0.29) is 11.3 Å². The van der Waals surface area contributed by atoms with Gasteiger partial charge < -0.3 is 16.8 Å². The van der Waals surface area contributed by atoms with Crippen LogP contribution in [0.15, 0.2) is 30.5 Å². The minimum Gasteiger partial charge on any atom is -0.397 e. The van der Waals surface area contributed by atoms with Crippen molar-refractivity contribution in [3.05, 3.63) is 47.2 Å². The topological polar surface area (TPSA) is 118 Å². The minimum absolute atomic E-state index is 0.189. The molecule has 1 aromatic carbocycles. The molecule has 0 atom stereocenters. The second kappa shape index (κ2) is 5.28. The number of rotatable bonds is 3. The van der Waals surface area contributed by atoms with Crippen molar-refractivity contribution in [3.8, 4) is 6.07 Å². The van der Waals surface area contributed by atoms with Crippen LogP contribution in [0.1, 0.15) is 21.5 Å². The lowest BCUT2D eigenvalue weighted by Crippen LogP contribution is -2.14. The molecule has 2 aromatic rings. The SMILES string of the molecule is Cc1cccc(Nc2cc(C(N)=O)c(N)cn2)c1C#N. The van der Waals surface area contributed by atoms with Gasteiger partial charge in [-0.25, -0.2) is 4.98 Å². The van der Waals surface area contributed by atoms with E-state index in [0.29, 0.717) is 17.1 Å². The summed E-state index contributed by atoms with van der Waals surface area (Å²) < 4.78 is 0. The molecule has 0 aliphatic heterocycles.